The zero-order chi connectivity index (χ0) is 23.0. The number of carbonyl (C=O) groups is 3. The monoisotopic (exact) mass is 427 g/mol. The van der Waals surface area contributed by atoms with Crippen LogP contribution in [0.1, 0.15) is 58.5 Å². The Morgan fingerprint density at radius 3 is 2.09 bits per heavy atom. The minimum Gasteiger partial charge on any atom is -0.293 e. The van der Waals surface area contributed by atoms with Crippen LogP contribution in [0.3, 0.4) is 0 Å². The highest BCUT2D eigenvalue weighted by atomic mass is 16.2. The van der Waals surface area contributed by atoms with Crippen molar-refractivity contribution in [2.45, 2.75) is 39.7 Å². The van der Waals surface area contributed by atoms with Crippen molar-refractivity contribution in [3.05, 3.63) is 88.6 Å². The van der Waals surface area contributed by atoms with E-state index in [0.717, 1.165) is 11.1 Å². The molecule has 2 aromatic carbocycles. The van der Waals surface area contributed by atoms with E-state index in [0.29, 0.717) is 22.7 Å². The number of hydrogen-bond acceptors (Lipinski definition) is 5. The van der Waals surface area contributed by atoms with Gasteiger partial charge in [0.15, 0.2) is 11.6 Å². The number of benzene rings is 2. The molecule has 2 unspecified atom stereocenters. The largest absolute Gasteiger partial charge is 0.297 e. The van der Waals surface area contributed by atoms with Gasteiger partial charge in [-0.05, 0) is 43.0 Å². The predicted molar refractivity (Wildman–Crippen MR) is 122 cm³/mol. The van der Waals surface area contributed by atoms with Gasteiger partial charge in [0.1, 0.15) is 5.92 Å². The number of ketones is 2. The van der Waals surface area contributed by atoms with Gasteiger partial charge in [-0.3, -0.25) is 19.3 Å². The fourth-order valence-electron chi connectivity index (χ4n) is 4.02. The Hall–Kier alpha value is -3.67. The van der Waals surface area contributed by atoms with Crippen molar-refractivity contribution in [2.75, 3.05) is 4.90 Å². The Morgan fingerprint density at radius 2 is 1.53 bits per heavy atom. The lowest BCUT2D eigenvalue weighted by Crippen LogP contribution is -2.31. The molecule has 162 valence electrons. The first-order valence-corrected chi connectivity index (χ1v) is 10.7. The summed E-state index contributed by atoms with van der Waals surface area (Å²) < 4.78 is 0. The number of aryl methyl sites for hydroxylation is 2. The lowest BCUT2D eigenvalue weighted by molar-refractivity contribution is -0.135. The van der Waals surface area contributed by atoms with Crippen LogP contribution >= 0.6 is 0 Å². The lowest BCUT2D eigenvalue weighted by Gasteiger charge is -2.26. The Labute approximate surface area is 187 Å². The fourth-order valence-corrected chi connectivity index (χ4v) is 4.02. The Balaban J connectivity index is 1.83. The summed E-state index contributed by atoms with van der Waals surface area (Å²) in [6.45, 7) is 7.90. The molecule has 1 amide bonds. The van der Waals surface area contributed by atoms with Gasteiger partial charge < -0.3 is 0 Å². The van der Waals surface area contributed by atoms with E-state index in [1.165, 1.54) is 4.90 Å². The van der Waals surface area contributed by atoms with E-state index in [-0.39, 0.29) is 11.6 Å². The van der Waals surface area contributed by atoms with E-state index < -0.39 is 23.7 Å². The van der Waals surface area contributed by atoms with Crippen molar-refractivity contribution in [3.63, 3.8) is 0 Å². The Morgan fingerprint density at radius 1 is 0.875 bits per heavy atom. The van der Waals surface area contributed by atoms with Crippen LogP contribution in [0.25, 0.3) is 0 Å². The summed E-state index contributed by atoms with van der Waals surface area (Å²) in [6, 6.07) is 17.3. The molecule has 4 rings (SSSR count). The fraction of sp³-hybridized carbons (Fsp3) is 0.269. The second-order valence-electron chi connectivity index (χ2n) is 8.55. The molecule has 0 aliphatic carbocycles. The first kappa shape index (κ1) is 21.6. The Kier molecular flexibility index (Phi) is 5.70. The van der Waals surface area contributed by atoms with Crippen molar-refractivity contribution in [1.82, 2.24) is 10.2 Å². The summed E-state index contributed by atoms with van der Waals surface area (Å²) in [6.07, 6.45) is 0. The van der Waals surface area contributed by atoms with Crippen LogP contribution in [-0.4, -0.2) is 27.7 Å². The highest BCUT2D eigenvalue weighted by molar-refractivity contribution is 6.48. The van der Waals surface area contributed by atoms with Gasteiger partial charge in [0.25, 0.3) is 5.91 Å². The molecule has 1 aliphatic heterocycles. The summed E-state index contributed by atoms with van der Waals surface area (Å²) in [7, 11) is 0. The molecule has 1 aliphatic rings. The highest BCUT2D eigenvalue weighted by Crippen LogP contribution is 2.40. The van der Waals surface area contributed by atoms with E-state index in [4.69, 9.17) is 0 Å². The zero-order valence-corrected chi connectivity index (χ0v) is 18.6. The smallest absolute Gasteiger partial charge is 0.293 e. The van der Waals surface area contributed by atoms with Gasteiger partial charge in [-0.2, -0.15) is 5.10 Å². The molecule has 0 N–H and O–H groups in total. The topological polar surface area (TPSA) is 80.2 Å². The summed E-state index contributed by atoms with van der Waals surface area (Å²) in [5.41, 5.74) is 3.95. The van der Waals surface area contributed by atoms with E-state index >= 15 is 0 Å². The van der Waals surface area contributed by atoms with Crippen LogP contribution in [0, 0.1) is 19.8 Å². The molecular weight excluding hydrogens is 402 g/mol. The van der Waals surface area contributed by atoms with Gasteiger partial charge in [0.05, 0.1) is 11.7 Å². The van der Waals surface area contributed by atoms with Crippen LogP contribution in [0.4, 0.5) is 5.82 Å². The number of nitrogens with zero attached hydrogens (tertiary/aromatic N) is 3. The molecule has 2 heterocycles. The maximum atomic E-state index is 13.5. The maximum absolute atomic E-state index is 13.5. The number of anilines is 1. The van der Waals surface area contributed by atoms with E-state index in [2.05, 4.69) is 24.0 Å². The number of hydrogen-bond donors (Lipinski definition) is 0. The third-order valence-electron chi connectivity index (χ3n) is 5.90. The van der Waals surface area contributed by atoms with Gasteiger partial charge in [-0.25, -0.2) is 0 Å². The van der Waals surface area contributed by atoms with Gasteiger partial charge in [0.2, 0.25) is 5.78 Å². The molecule has 6 nitrogen and oxygen atoms in total. The molecule has 1 fully saturated rings. The predicted octanol–water partition coefficient (Wildman–Crippen LogP) is 4.37. The second kappa shape index (κ2) is 8.46. The molecule has 2 atom stereocenters. The SMILES string of the molecule is Cc1ccc(C(=O)C2C(=O)C(=O)N(c3ccc(C)nn3)C2c2ccc(C(C)C)cc2)cc1. The second-order valence-corrected chi connectivity index (χ2v) is 8.55. The summed E-state index contributed by atoms with van der Waals surface area (Å²) in [5.74, 6) is -2.41. The van der Waals surface area contributed by atoms with E-state index in [1.807, 2.05) is 43.3 Å². The maximum Gasteiger partial charge on any atom is 0.297 e. The molecule has 0 spiro atoms. The van der Waals surface area contributed by atoms with Crippen molar-refractivity contribution in [1.29, 1.82) is 0 Å². The van der Waals surface area contributed by atoms with Crippen LogP contribution in [0.2, 0.25) is 0 Å². The quantitative estimate of drug-likeness (QED) is 0.343. The van der Waals surface area contributed by atoms with Crippen LogP contribution in [0.5, 0.6) is 0 Å². The first-order chi connectivity index (χ1) is 15.3. The Bertz CT molecular complexity index is 1170. The first-order valence-electron chi connectivity index (χ1n) is 10.7. The van der Waals surface area contributed by atoms with Crippen molar-refractivity contribution < 1.29 is 14.4 Å². The molecule has 6 heteroatoms. The number of amides is 1. The van der Waals surface area contributed by atoms with Gasteiger partial charge in [-0.1, -0.05) is 67.9 Å². The number of rotatable bonds is 5. The summed E-state index contributed by atoms with van der Waals surface area (Å²) in [5, 5.41) is 8.18. The van der Waals surface area contributed by atoms with Crippen molar-refractivity contribution in [2.24, 2.45) is 5.92 Å². The standard InChI is InChI=1S/C26H25N3O3/c1-15(2)18-10-12-19(13-11-18)23-22(24(30)20-8-5-16(3)6-9-20)25(31)26(32)29(23)21-14-7-17(4)27-28-21/h5-15,22-23H,1-4H3. The molecule has 1 saturated heterocycles. The number of Topliss-reactive ketones (excluding diaryl/α,β-unsaturated/α-hetero) is 2. The van der Waals surface area contributed by atoms with Crippen LogP contribution in [-0.2, 0) is 9.59 Å². The molecule has 0 radical (unpaired) electrons. The summed E-state index contributed by atoms with van der Waals surface area (Å²) in [4.78, 5) is 41.0. The molecule has 3 aromatic rings. The van der Waals surface area contributed by atoms with E-state index in [1.54, 1.807) is 31.2 Å². The zero-order valence-electron chi connectivity index (χ0n) is 18.6. The normalized spacial score (nSPS) is 18.5. The number of carbonyl (C=O) groups excluding carboxylic acids is 3. The highest BCUT2D eigenvalue weighted by Gasteiger charge is 2.52. The van der Waals surface area contributed by atoms with Crippen LogP contribution in [0.15, 0.2) is 60.7 Å². The van der Waals surface area contributed by atoms with Gasteiger partial charge in [0, 0.05) is 5.56 Å². The molecule has 0 saturated carbocycles. The average molecular weight is 428 g/mol. The minimum atomic E-state index is -1.15. The molecule has 1 aromatic heterocycles. The third kappa shape index (κ3) is 3.84. The van der Waals surface area contributed by atoms with Crippen molar-refractivity contribution in [3.8, 4) is 0 Å². The van der Waals surface area contributed by atoms with Crippen LogP contribution < -0.4 is 4.90 Å². The lowest BCUT2D eigenvalue weighted by atomic mass is 9.85. The van der Waals surface area contributed by atoms with Gasteiger partial charge in [-0.15, -0.1) is 5.10 Å². The summed E-state index contributed by atoms with van der Waals surface area (Å²) >= 11 is 0. The molecule has 32 heavy (non-hydrogen) atoms. The van der Waals surface area contributed by atoms with Gasteiger partial charge >= 0.3 is 0 Å². The van der Waals surface area contributed by atoms with E-state index in [9.17, 15) is 14.4 Å². The minimum absolute atomic E-state index is 0.256. The molecular formula is C26H25N3O3. The number of aromatic nitrogens is 2. The molecule has 0 bridgehead atoms. The third-order valence-corrected chi connectivity index (χ3v) is 5.90. The van der Waals surface area contributed by atoms with Crippen molar-refractivity contribution >= 4 is 23.3 Å². The average Bonchev–Trinajstić information content (AvgIpc) is 3.05.